The average molecular weight is 339 g/mol. The second-order valence-corrected chi connectivity index (χ2v) is 6.86. The minimum absolute atomic E-state index is 0.273. The number of carbonyl (C=O) groups excluding carboxylic acids is 1. The Bertz CT molecular complexity index is 487. The van der Waals surface area contributed by atoms with Gasteiger partial charge in [0.1, 0.15) is 0 Å². The van der Waals surface area contributed by atoms with Crippen LogP contribution in [-0.4, -0.2) is 17.4 Å². The number of anilines is 1. The van der Waals surface area contributed by atoms with Gasteiger partial charge in [0.2, 0.25) is 5.91 Å². The number of nitrogens with zero attached hydrogens (tertiary/aromatic N) is 1. The summed E-state index contributed by atoms with van der Waals surface area (Å²) < 4.78 is 0.906. The molecule has 1 amide bonds. The fraction of sp³-hybridized carbons (Fsp3) is 0.562. The average Bonchev–Trinajstić information content (AvgIpc) is 2.57. The number of carbonyl (C=O) groups is 1. The summed E-state index contributed by atoms with van der Waals surface area (Å²) in [6, 6.07) is 5.92. The van der Waals surface area contributed by atoms with Crippen LogP contribution < -0.4 is 5.73 Å². The minimum Gasteiger partial charge on any atom is -0.398 e. The molecule has 3 nitrogen and oxygen atoms in total. The Morgan fingerprint density at radius 1 is 1.40 bits per heavy atom. The van der Waals surface area contributed by atoms with Gasteiger partial charge in [-0.15, -0.1) is 0 Å². The molecule has 1 fully saturated rings. The number of benzene rings is 1. The molecule has 1 atom stereocenters. The third-order valence-electron chi connectivity index (χ3n) is 4.23. The molecule has 1 saturated heterocycles. The summed E-state index contributed by atoms with van der Waals surface area (Å²) >= 11 is 3.40. The zero-order valence-corrected chi connectivity index (χ0v) is 13.8. The molecule has 0 aromatic heterocycles. The van der Waals surface area contributed by atoms with E-state index in [1.807, 2.05) is 23.1 Å². The molecule has 1 aromatic rings. The zero-order valence-electron chi connectivity index (χ0n) is 12.2. The first kappa shape index (κ1) is 15.4. The van der Waals surface area contributed by atoms with Gasteiger partial charge in [0.15, 0.2) is 0 Å². The number of hydrogen-bond acceptors (Lipinski definition) is 2. The first-order valence-electron chi connectivity index (χ1n) is 7.29. The van der Waals surface area contributed by atoms with Crippen molar-refractivity contribution >= 4 is 27.5 Å². The molecule has 1 aromatic carbocycles. The van der Waals surface area contributed by atoms with E-state index < -0.39 is 0 Å². The van der Waals surface area contributed by atoms with Crippen LogP contribution in [0.5, 0.6) is 0 Å². The van der Waals surface area contributed by atoms with E-state index in [1.165, 1.54) is 0 Å². The van der Waals surface area contributed by atoms with Gasteiger partial charge in [-0.25, -0.2) is 0 Å². The summed E-state index contributed by atoms with van der Waals surface area (Å²) in [5.74, 6) is 1.60. The lowest BCUT2D eigenvalue weighted by Gasteiger charge is -2.22. The van der Waals surface area contributed by atoms with E-state index in [0.29, 0.717) is 24.8 Å². The first-order chi connectivity index (χ1) is 9.47. The molecule has 110 valence electrons. The van der Waals surface area contributed by atoms with E-state index in [-0.39, 0.29) is 5.91 Å². The van der Waals surface area contributed by atoms with Gasteiger partial charge < -0.3 is 10.6 Å². The number of nitrogens with two attached hydrogens (primary N) is 1. The number of halogens is 1. The minimum atomic E-state index is 0.273. The predicted molar refractivity (Wildman–Crippen MR) is 86.2 cm³/mol. The molecule has 0 aliphatic carbocycles. The topological polar surface area (TPSA) is 46.3 Å². The lowest BCUT2D eigenvalue weighted by Crippen LogP contribution is -2.29. The Labute approximate surface area is 129 Å². The summed E-state index contributed by atoms with van der Waals surface area (Å²) in [6.07, 6.45) is 2.81. The van der Waals surface area contributed by atoms with Crippen molar-refractivity contribution in [2.24, 2.45) is 11.8 Å². The Balaban J connectivity index is 2.04. The smallest absolute Gasteiger partial charge is 0.222 e. The maximum atomic E-state index is 12.2. The van der Waals surface area contributed by atoms with E-state index in [0.717, 1.165) is 35.1 Å². The maximum absolute atomic E-state index is 12.2. The van der Waals surface area contributed by atoms with Crippen LogP contribution in [0.2, 0.25) is 0 Å². The third kappa shape index (κ3) is 3.75. The molecule has 1 heterocycles. The summed E-state index contributed by atoms with van der Waals surface area (Å²) in [4.78, 5) is 14.2. The van der Waals surface area contributed by atoms with E-state index in [4.69, 9.17) is 5.73 Å². The van der Waals surface area contributed by atoms with Crippen LogP contribution in [0.1, 0.15) is 38.7 Å². The van der Waals surface area contributed by atoms with E-state index in [2.05, 4.69) is 29.8 Å². The second-order valence-electron chi connectivity index (χ2n) is 6.00. The van der Waals surface area contributed by atoms with Crippen LogP contribution in [0, 0.1) is 11.8 Å². The Morgan fingerprint density at radius 3 is 2.80 bits per heavy atom. The molecule has 20 heavy (non-hydrogen) atoms. The normalized spacial score (nSPS) is 20.3. The number of hydrogen-bond donors (Lipinski definition) is 1. The van der Waals surface area contributed by atoms with Gasteiger partial charge >= 0.3 is 0 Å². The summed E-state index contributed by atoms with van der Waals surface area (Å²) in [5, 5.41) is 0. The van der Waals surface area contributed by atoms with Crippen molar-refractivity contribution < 1.29 is 4.79 Å². The lowest BCUT2D eigenvalue weighted by molar-refractivity contribution is -0.131. The van der Waals surface area contributed by atoms with Crippen molar-refractivity contribution in [1.82, 2.24) is 4.90 Å². The Kier molecular flexibility index (Phi) is 5.08. The van der Waals surface area contributed by atoms with Gasteiger partial charge in [0, 0.05) is 29.7 Å². The van der Waals surface area contributed by atoms with Crippen LogP contribution in [0.3, 0.4) is 0 Å². The maximum Gasteiger partial charge on any atom is 0.222 e. The number of amides is 1. The van der Waals surface area contributed by atoms with Gasteiger partial charge in [0.05, 0.1) is 0 Å². The van der Waals surface area contributed by atoms with E-state index in [1.54, 1.807) is 0 Å². The van der Waals surface area contributed by atoms with Gasteiger partial charge in [-0.3, -0.25) is 4.79 Å². The van der Waals surface area contributed by atoms with Gasteiger partial charge in [0.25, 0.3) is 0 Å². The Hall–Kier alpha value is -1.03. The second kappa shape index (κ2) is 6.61. The van der Waals surface area contributed by atoms with Crippen LogP contribution in [0.4, 0.5) is 5.69 Å². The van der Waals surface area contributed by atoms with Crippen LogP contribution in [-0.2, 0) is 11.3 Å². The molecule has 0 radical (unpaired) electrons. The highest BCUT2D eigenvalue weighted by Crippen LogP contribution is 2.27. The van der Waals surface area contributed by atoms with Gasteiger partial charge in [-0.2, -0.15) is 0 Å². The van der Waals surface area contributed by atoms with Crippen LogP contribution in [0.15, 0.2) is 22.7 Å². The highest BCUT2D eigenvalue weighted by molar-refractivity contribution is 9.10. The highest BCUT2D eigenvalue weighted by Gasteiger charge is 2.24. The lowest BCUT2D eigenvalue weighted by atomic mass is 9.89. The fourth-order valence-corrected chi connectivity index (χ4v) is 3.05. The third-order valence-corrected chi connectivity index (χ3v) is 4.95. The quantitative estimate of drug-likeness (QED) is 0.851. The molecule has 1 unspecified atom stereocenters. The predicted octanol–water partition coefficient (Wildman–Crippen LogP) is 3.82. The van der Waals surface area contributed by atoms with Crippen molar-refractivity contribution in [1.29, 1.82) is 0 Å². The van der Waals surface area contributed by atoms with Crippen molar-refractivity contribution in [3.8, 4) is 0 Å². The van der Waals surface area contributed by atoms with Gasteiger partial charge in [-0.1, -0.05) is 19.9 Å². The molecular formula is C16H23BrN2O. The molecule has 0 spiro atoms. The van der Waals surface area contributed by atoms with Crippen molar-refractivity contribution in [3.63, 3.8) is 0 Å². The van der Waals surface area contributed by atoms with Crippen molar-refractivity contribution in [3.05, 3.63) is 28.2 Å². The first-order valence-corrected chi connectivity index (χ1v) is 8.08. The SMILES string of the molecule is CC(C)C1CCC(=O)N(Cc2ccc(Br)c(N)c2)CC1. The Morgan fingerprint density at radius 2 is 2.15 bits per heavy atom. The van der Waals surface area contributed by atoms with Crippen molar-refractivity contribution in [2.75, 3.05) is 12.3 Å². The molecule has 2 rings (SSSR count). The number of likely N-dealkylation sites (tertiary alicyclic amines) is 1. The number of nitrogen functional groups attached to an aromatic ring is 1. The molecular weight excluding hydrogens is 316 g/mol. The summed E-state index contributed by atoms with van der Waals surface area (Å²) in [7, 11) is 0. The molecule has 1 aliphatic rings. The summed E-state index contributed by atoms with van der Waals surface area (Å²) in [6.45, 7) is 6.03. The van der Waals surface area contributed by atoms with Crippen LogP contribution in [0.25, 0.3) is 0 Å². The molecule has 4 heteroatoms. The van der Waals surface area contributed by atoms with E-state index >= 15 is 0 Å². The van der Waals surface area contributed by atoms with E-state index in [9.17, 15) is 4.79 Å². The largest absolute Gasteiger partial charge is 0.398 e. The zero-order chi connectivity index (χ0) is 14.7. The fourth-order valence-electron chi connectivity index (χ4n) is 2.80. The van der Waals surface area contributed by atoms with Crippen LogP contribution >= 0.6 is 15.9 Å². The van der Waals surface area contributed by atoms with Crippen molar-refractivity contribution in [2.45, 2.75) is 39.7 Å². The summed E-state index contributed by atoms with van der Waals surface area (Å²) in [5.41, 5.74) is 7.73. The van der Waals surface area contributed by atoms with Gasteiger partial charge in [-0.05, 0) is 58.3 Å². The molecule has 0 saturated carbocycles. The molecule has 1 aliphatic heterocycles. The molecule has 2 N–H and O–H groups in total. The monoisotopic (exact) mass is 338 g/mol. The highest BCUT2D eigenvalue weighted by atomic mass is 79.9. The number of rotatable bonds is 3. The standard InChI is InChI=1S/C16H23BrN2O/c1-11(2)13-4-6-16(20)19(8-7-13)10-12-3-5-14(17)15(18)9-12/h3,5,9,11,13H,4,6-8,10,18H2,1-2H3. The molecule has 0 bridgehead atoms.